The summed E-state index contributed by atoms with van der Waals surface area (Å²) in [4.78, 5) is 11.4. The quantitative estimate of drug-likeness (QED) is 0.696. The van der Waals surface area contributed by atoms with Crippen LogP contribution in [0.2, 0.25) is 0 Å². The number of nitrogens with one attached hydrogen (secondary N) is 1. The third-order valence-corrected chi connectivity index (χ3v) is 3.47. The van der Waals surface area contributed by atoms with Gasteiger partial charge in [0.15, 0.2) is 0 Å². The standard InChI is InChI=1S/C10H16ClNO/c11-8-2-1-3-9(8)12-10(13)6-7-4-5-7/h7-9H,1-6H2,(H,12,13). The first-order chi connectivity index (χ1) is 6.25. The Kier molecular flexibility index (Phi) is 2.77. The summed E-state index contributed by atoms with van der Waals surface area (Å²) in [6.07, 6.45) is 6.47. The van der Waals surface area contributed by atoms with Crippen LogP contribution in [0.4, 0.5) is 0 Å². The van der Waals surface area contributed by atoms with Crippen LogP contribution in [0, 0.1) is 5.92 Å². The first kappa shape index (κ1) is 9.32. The SMILES string of the molecule is O=C(CC1CC1)NC1CCCC1Cl. The van der Waals surface area contributed by atoms with E-state index < -0.39 is 0 Å². The van der Waals surface area contributed by atoms with Crippen molar-refractivity contribution < 1.29 is 4.79 Å². The molecule has 0 radical (unpaired) electrons. The molecule has 13 heavy (non-hydrogen) atoms. The second-order valence-corrected chi connectivity index (χ2v) is 4.83. The van der Waals surface area contributed by atoms with Crippen LogP contribution in [0.3, 0.4) is 0 Å². The lowest BCUT2D eigenvalue weighted by Gasteiger charge is -2.15. The van der Waals surface area contributed by atoms with Crippen molar-refractivity contribution in [2.45, 2.75) is 49.9 Å². The van der Waals surface area contributed by atoms with E-state index in [1.807, 2.05) is 0 Å². The monoisotopic (exact) mass is 201 g/mol. The Morgan fingerprint density at radius 3 is 2.62 bits per heavy atom. The van der Waals surface area contributed by atoms with Gasteiger partial charge in [-0.2, -0.15) is 0 Å². The van der Waals surface area contributed by atoms with Crippen LogP contribution in [0.1, 0.15) is 38.5 Å². The van der Waals surface area contributed by atoms with E-state index in [1.54, 1.807) is 0 Å². The van der Waals surface area contributed by atoms with Crippen LogP contribution in [-0.2, 0) is 4.79 Å². The van der Waals surface area contributed by atoms with Gasteiger partial charge in [-0.3, -0.25) is 4.79 Å². The highest BCUT2D eigenvalue weighted by Crippen LogP contribution is 2.32. The van der Waals surface area contributed by atoms with Gasteiger partial charge >= 0.3 is 0 Å². The zero-order valence-electron chi connectivity index (χ0n) is 7.76. The van der Waals surface area contributed by atoms with Gasteiger partial charge in [-0.1, -0.05) is 0 Å². The molecule has 1 amide bonds. The van der Waals surface area contributed by atoms with Gasteiger partial charge in [-0.15, -0.1) is 11.6 Å². The van der Waals surface area contributed by atoms with Gasteiger partial charge < -0.3 is 5.32 Å². The number of carbonyl (C=O) groups is 1. The molecule has 2 atom stereocenters. The highest BCUT2D eigenvalue weighted by molar-refractivity contribution is 6.21. The highest BCUT2D eigenvalue weighted by Gasteiger charge is 2.29. The summed E-state index contributed by atoms with van der Waals surface area (Å²) in [6, 6.07) is 0.243. The number of carbonyl (C=O) groups excluding carboxylic acids is 1. The number of hydrogen-bond acceptors (Lipinski definition) is 1. The van der Waals surface area contributed by atoms with Gasteiger partial charge in [0.1, 0.15) is 0 Å². The molecule has 2 fully saturated rings. The fourth-order valence-electron chi connectivity index (χ4n) is 1.93. The fraction of sp³-hybridized carbons (Fsp3) is 0.900. The lowest BCUT2D eigenvalue weighted by atomic mass is 10.2. The number of hydrogen-bond donors (Lipinski definition) is 1. The van der Waals surface area contributed by atoms with E-state index >= 15 is 0 Å². The van der Waals surface area contributed by atoms with Crippen LogP contribution in [0.25, 0.3) is 0 Å². The molecule has 0 aliphatic heterocycles. The third-order valence-electron chi connectivity index (χ3n) is 2.95. The van der Waals surface area contributed by atoms with Crippen molar-refractivity contribution in [2.75, 3.05) is 0 Å². The third kappa shape index (κ3) is 2.60. The molecule has 2 saturated carbocycles. The summed E-state index contributed by atoms with van der Waals surface area (Å²) in [6.45, 7) is 0. The predicted molar refractivity (Wildman–Crippen MR) is 52.8 cm³/mol. The van der Waals surface area contributed by atoms with E-state index in [0.717, 1.165) is 25.7 Å². The Hall–Kier alpha value is -0.240. The summed E-state index contributed by atoms with van der Waals surface area (Å²) >= 11 is 6.06. The Bertz CT molecular complexity index is 203. The smallest absolute Gasteiger partial charge is 0.220 e. The van der Waals surface area contributed by atoms with Crippen molar-refractivity contribution >= 4 is 17.5 Å². The molecule has 0 aromatic carbocycles. The van der Waals surface area contributed by atoms with Crippen molar-refractivity contribution in [3.63, 3.8) is 0 Å². The molecule has 2 rings (SSSR count). The average Bonchev–Trinajstić information content (AvgIpc) is 2.79. The summed E-state index contributed by atoms with van der Waals surface area (Å²) in [7, 11) is 0. The Morgan fingerprint density at radius 2 is 2.08 bits per heavy atom. The van der Waals surface area contributed by atoms with Crippen LogP contribution in [-0.4, -0.2) is 17.3 Å². The van der Waals surface area contributed by atoms with Gasteiger partial charge in [-0.05, 0) is 38.0 Å². The number of amides is 1. The molecule has 0 spiro atoms. The maximum atomic E-state index is 11.4. The molecule has 3 heteroatoms. The maximum Gasteiger partial charge on any atom is 0.220 e. The minimum Gasteiger partial charge on any atom is -0.352 e. The van der Waals surface area contributed by atoms with E-state index in [0.29, 0.717) is 5.92 Å². The maximum absolute atomic E-state index is 11.4. The van der Waals surface area contributed by atoms with Crippen molar-refractivity contribution in [1.82, 2.24) is 5.32 Å². The summed E-state index contributed by atoms with van der Waals surface area (Å²) in [5.74, 6) is 0.884. The zero-order valence-corrected chi connectivity index (χ0v) is 8.52. The largest absolute Gasteiger partial charge is 0.352 e. The lowest BCUT2D eigenvalue weighted by molar-refractivity contribution is -0.122. The lowest BCUT2D eigenvalue weighted by Crippen LogP contribution is -2.37. The van der Waals surface area contributed by atoms with Gasteiger partial charge in [0, 0.05) is 12.5 Å². The van der Waals surface area contributed by atoms with E-state index in [2.05, 4.69) is 5.32 Å². The van der Waals surface area contributed by atoms with Gasteiger partial charge in [-0.25, -0.2) is 0 Å². The van der Waals surface area contributed by atoms with Crippen LogP contribution >= 0.6 is 11.6 Å². The van der Waals surface area contributed by atoms with Gasteiger partial charge in [0.05, 0.1) is 5.38 Å². The average molecular weight is 202 g/mol. The number of rotatable bonds is 3. The van der Waals surface area contributed by atoms with E-state index in [1.165, 1.54) is 12.8 Å². The van der Waals surface area contributed by atoms with Crippen LogP contribution in [0.5, 0.6) is 0 Å². The summed E-state index contributed by atoms with van der Waals surface area (Å²) in [5, 5.41) is 3.20. The van der Waals surface area contributed by atoms with Crippen molar-refractivity contribution in [3.05, 3.63) is 0 Å². The van der Waals surface area contributed by atoms with Crippen molar-refractivity contribution in [3.8, 4) is 0 Å². The zero-order chi connectivity index (χ0) is 9.26. The van der Waals surface area contributed by atoms with Crippen LogP contribution < -0.4 is 5.32 Å². The first-order valence-electron chi connectivity index (χ1n) is 5.19. The second-order valence-electron chi connectivity index (χ2n) is 4.27. The molecule has 2 unspecified atom stereocenters. The molecular formula is C10H16ClNO. The molecule has 2 aliphatic carbocycles. The number of halogens is 1. The molecule has 0 aromatic rings. The van der Waals surface area contributed by atoms with Crippen molar-refractivity contribution in [1.29, 1.82) is 0 Å². The normalized spacial score (nSPS) is 33.3. The molecule has 2 aliphatic rings. The minimum atomic E-state index is 0.170. The Balaban J connectivity index is 1.72. The van der Waals surface area contributed by atoms with Gasteiger partial charge in [0.25, 0.3) is 0 Å². The summed E-state index contributed by atoms with van der Waals surface area (Å²) < 4.78 is 0. The molecule has 0 aromatic heterocycles. The number of alkyl halides is 1. The summed E-state index contributed by atoms with van der Waals surface area (Å²) in [5.41, 5.74) is 0. The molecule has 0 heterocycles. The van der Waals surface area contributed by atoms with E-state index in [9.17, 15) is 4.79 Å². The van der Waals surface area contributed by atoms with E-state index in [-0.39, 0.29) is 17.3 Å². The molecule has 0 bridgehead atoms. The Morgan fingerprint density at radius 1 is 1.31 bits per heavy atom. The van der Waals surface area contributed by atoms with E-state index in [4.69, 9.17) is 11.6 Å². The molecular weight excluding hydrogens is 186 g/mol. The van der Waals surface area contributed by atoms with Gasteiger partial charge in [0.2, 0.25) is 5.91 Å². The topological polar surface area (TPSA) is 29.1 Å². The molecule has 1 N–H and O–H groups in total. The van der Waals surface area contributed by atoms with Crippen molar-refractivity contribution in [2.24, 2.45) is 5.92 Å². The fourth-order valence-corrected chi connectivity index (χ4v) is 2.27. The molecule has 2 nitrogen and oxygen atoms in total. The molecule has 74 valence electrons. The molecule has 0 saturated heterocycles. The predicted octanol–water partition coefficient (Wildman–Crippen LogP) is 2.06. The first-order valence-corrected chi connectivity index (χ1v) is 5.63. The Labute approximate surface area is 84.0 Å². The second kappa shape index (κ2) is 3.87. The highest BCUT2D eigenvalue weighted by atomic mass is 35.5. The minimum absolute atomic E-state index is 0.170. The van der Waals surface area contributed by atoms with Crippen LogP contribution in [0.15, 0.2) is 0 Å².